The number of carbonyl (C=O) groups is 1. The third kappa shape index (κ3) is 4.06. The molecular weight excluding hydrogens is 274 g/mol. The van der Waals surface area contributed by atoms with E-state index < -0.39 is 24.5 Å². The second-order valence-corrected chi connectivity index (χ2v) is 4.31. The number of hydrogen-bond acceptors (Lipinski definition) is 5. The highest BCUT2D eigenvalue weighted by Gasteiger charge is 2.30. The van der Waals surface area contributed by atoms with E-state index in [-0.39, 0.29) is 6.54 Å². The summed E-state index contributed by atoms with van der Waals surface area (Å²) in [4.78, 5) is 14.7. The largest absolute Gasteiger partial charge is 0.449 e. The minimum Gasteiger partial charge on any atom is -0.449 e. The van der Waals surface area contributed by atoms with Crippen LogP contribution in [0.15, 0.2) is 47.6 Å². The van der Waals surface area contributed by atoms with E-state index in [0.717, 1.165) is 0 Å². The van der Waals surface area contributed by atoms with Crippen molar-refractivity contribution in [3.63, 3.8) is 0 Å². The lowest BCUT2D eigenvalue weighted by molar-refractivity contribution is -0.189. The van der Waals surface area contributed by atoms with Gasteiger partial charge in [-0.2, -0.15) is 0 Å². The summed E-state index contributed by atoms with van der Waals surface area (Å²) in [7, 11) is 1.46. The molecule has 0 N–H and O–H groups in total. The molecule has 1 aromatic carbocycles. The first-order valence-corrected chi connectivity index (χ1v) is 6.38. The van der Waals surface area contributed by atoms with Crippen LogP contribution >= 0.6 is 0 Å². The Kier molecular flexibility index (Phi) is 5.34. The normalized spacial score (nSPS) is 24.1. The fourth-order valence-electron chi connectivity index (χ4n) is 1.89. The van der Waals surface area contributed by atoms with Crippen molar-refractivity contribution in [3.8, 4) is 0 Å². The van der Waals surface area contributed by atoms with Gasteiger partial charge in [0, 0.05) is 12.0 Å². The summed E-state index contributed by atoms with van der Waals surface area (Å²) in [6.07, 6.45) is 1.59. The second kappa shape index (κ2) is 7.44. The molecule has 0 bridgehead atoms. The number of azide groups is 1. The highest BCUT2D eigenvalue weighted by atomic mass is 16.7. The van der Waals surface area contributed by atoms with Gasteiger partial charge in [0.1, 0.15) is 0 Å². The van der Waals surface area contributed by atoms with Crippen molar-refractivity contribution in [1.82, 2.24) is 0 Å². The van der Waals surface area contributed by atoms with Crippen molar-refractivity contribution in [3.05, 3.63) is 58.5 Å². The van der Waals surface area contributed by atoms with Crippen LogP contribution < -0.4 is 0 Å². The zero-order chi connectivity index (χ0) is 15.1. The van der Waals surface area contributed by atoms with Crippen LogP contribution in [0.1, 0.15) is 10.4 Å². The fourth-order valence-corrected chi connectivity index (χ4v) is 1.89. The van der Waals surface area contributed by atoms with Crippen molar-refractivity contribution >= 4 is 5.97 Å². The molecule has 0 aromatic heterocycles. The minimum absolute atomic E-state index is 0.159. The lowest BCUT2D eigenvalue weighted by Gasteiger charge is -2.30. The molecule has 0 spiro atoms. The minimum atomic E-state index is -0.735. The molecule has 7 heteroatoms. The van der Waals surface area contributed by atoms with Crippen molar-refractivity contribution in [2.24, 2.45) is 5.11 Å². The Morgan fingerprint density at radius 3 is 2.81 bits per heavy atom. The number of nitrogens with zero attached hydrogens (tertiary/aromatic N) is 3. The Morgan fingerprint density at radius 2 is 2.14 bits per heavy atom. The van der Waals surface area contributed by atoms with E-state index in [1.807, 2.05) is 6.07 Å². The van der Waals surface area contributed by atoms with Gasteiger partial charge in [-0.25, -0.2) is 4.79 Å². The van der Waals surface area contributed by atoms with Gasteiger partial charge in [-0.05, 0) is 23.7 Å². The van der Waals surface area contributed by atoms with Crippen LogP contribution in [-0.2, 0) is 14.2 Å². The number of ether oxygens (including phenoxy) is 3. The average Bonchev–Trinajstić information content (AvgIpc) is 2.54. The molecule has 3 unspecified atom stereocenters. The quantitative estimate of drug-likeness (QED) is 0.273. The maximum absolute atomic E-state index is 12.0. The van der Waals surface area contributed by atoms with Crippen LogP contribution in [0, 0.1) is 0 Å². The van der Waals surface area contributed by atoms with Crippen LogP contribution in [0.25, 0.3) is 10.4 Å². The van der Waals surface area contributed by atoms with Gasteiger partial charge in [-0.3, -0.25) is 0 Å². The standard InChI is InChI=1S/C14H15N3O4/c1-19-14-12(8-7-11(20-14)9-16-17-15)21-13(18)10-5-3-2-4-6-10/h2-8,11-12,14H,9H2,1H3. The predicted molar refractivity (Wildman–Crippen MR) is 74.5 cm³/mol. The number of carbonyl (C=O) groups excluding carboxylic acids is 1. The Bertz CT molecular complexity index is 555. The molecule has 21 heavy (non-hydrogen) atoms. The maximum Gasteiger partial charge on any atom is 0.338 e. The van der Waals surface area contributed by atoms with Gasteiger partial charge < -0.3 is 14.2 Å². The molecule has 1 aromatic rings. The van der Waals surface area contributed by atoms with Crippen molar-refractivity contribution in [2.75, 3.05) is 13.7 Å². The zero-order valence-electron chi connectivity index (χ0n) is 11.5. The van der Waals surface area contributed by atoms with Gasteiger partial charge in [0.25, 0.3) is 0 Å². The van der Waals surface area contributed by atoms with E-state index in [4.69, 9.17) is 19.7 Å². The van der Waals surface area contributed by atoms with Gasteiger partial charge in [0.15, 0.2) is 12.4 Å². The molecule has 0 aliphatic carbocycles. The number of methoxy groups -OCH3 is 1. The van der Waals surface area contributed by atoms with Crippen LogP contribution in [0.2, 0.25) is 0 Å². The first kappa shape index (κ1) is 15.1. The molecule has 0 radical (unpaired) electrons. The SMILES string of the molecule is COC1OC(CN=[N+]=[N-])C=CC1OC(=O)c1ccccc1. The van der Waals surface area contributed by atoms with Crippen LogP contribution in [-0.4, -0.2) is 38.1 Å². The van der Waals surface area contributed by atoms with Crippen LogP contribution in [0.4, 0.5) is 0 Å². The molecule has 0 saturated heterocycles. The molecule has 1 aliphatic rings. The Morgan fingerprint density at radius 1 is 1.38 bits per heavy atom. The van der Waals surface area contributed by atoms with Gasteiger partial charge in [0.2, 0.25) is 0 Å². The maximum atomic E-state index is 12.0. The lowest BCUT2D eigenvalue weighted by atomic mass is 10.2. The molecule has 3 atom stereocenters. The molecular formula is C14H15N3O4. The van der Waals surface area contributed by atoms with Gasteiger partial charge in [-0.15, -0.1) is 0 Å². The van der Waals surface area contributed by atoms with E-state index in [1.165, 1.54) is 7.11 Å². The van der Waals surface area contributed by atoms with Crippen LogP contribution in [0.3, 0.4) is 0 Å². The number of esters is 1. The fraction of sp³-hybridized carbons (Fsp3) is 0.357. The highest BCUT2D eigenvalue weighted by Crippen LogP contribution is 2.18. The number of rotatable bonds is 5. The molecule has 1 heterocycles. The van der Waals surface area contributed by atoms with E-state index in [1.54, 1.807) is 36.4 Å². The van der Waals surface area contributed by atoms with E-state index in [9.17, 15) is 4.79 Å². The molecule has 110 valence electrons. The summed E-state index contributed by atoms with van der Waals surface area (Å²) in [5.74, 6) is -0.454. The van der Waals surface area contributed by atoms with Crippen molar-refractivity contribution < 1.29 is 19.0 Å². The first-order valence-electron chi connectivity index (χ1n) is 6.38. The third-order valence-corrected chi connectivity index (χ3v) is 2.90. The number of benzene rings is 1. The summed E-state index contributed by atoms with van der Waals surface area (Å²) in [6.45, 7) is 0.159. The molecule has 0 fully saturated rings. The molecule has 2 rings (SSSR count). The first-order chi connectivity index (χ1) is 10.2. The summed E-state index contributed by atoms with van der Waals surface area (Å²) >= 11 is 0. The second-order valence-electron chi connectivity index (χ2n) is 4.31. The summed E-state index contributed by atoms with van der Waals surface area (Å²) in [5.41, 5.74) is 8.75. The van der Waals surface area contributed by atoms with E-state index in [2.05, 4.69) is 10.0 Å². The van der Waals surface area contributed by atoms with E-state index in [0.29, 0.717) is 5.56 Å². The lowest BCUT2D eigenvalue weighted by Crippen LogP contribution is -2.40. The van der Waals surface area contributed by atoms with Crippen LogP contribution in [0.5, 0.6) is 0 Å². The van der Waals surface area contributed by atoms with Gasteiger partial charge in [0.05, 0.1) is 18.2 Å². The average molecular weight is 289 g/mol. The van der Waals surface area contributed by atoms with Gasteiger partial charge in [-0.1, -0.05) is 29.4 Å². The van der Waals surface area contributed by atoms with Crippen molar-refractivity contribution in [2.45, 2.75) is 18.5 Å². The van der Waals surface area contributed by atoms with E-state index >= 15 is 0 Å². The Balaban J connectivity index is 2.02. The Labute approximate surface area is 121 Å². The molecule has 0 amide bonds. The third-order valence-electron chi connectivity index (χ3n) is 2.90. The smallest absolute Gasteiger partial charge is 0.338 e. The topological polar surface area (TPSA) is 93.5 Å². The number of hydrogen-bond donors (Lipinski definition) is 0. The molecule has 0 saturated carbocycles. The van der Waals surface area contributed by atoms with Crippen molar-refractivity contribution in [1.29, 1.82) is 0 Å². The zero-order valence-corrected chi connectivity index (χ0v) is 11.5. The highest BCUT2D eigenvalue weighted by molar-refractivity contribution is 5.89. The monoisotopic (exact) mass is 289 g/mol. The predicted octanol–water partition coefficient (Wildman–Crippen LogP) is 2.45. The molecule has 1 aliphatic heterocycles. The summed E-state index contributed by atoms with van der Waals surface area (Å²) in [5, 5.41) is 3.44. The summed E-state index contributed by atoms with van der Waals surface area (Å²) < 4.78 is 16.1. The molecule has 7 nitrogen and oxygen atoms in total. The Hall–Kier alpha value is -2.34. The van der Waals surface area contributed by atoms with Gasteiger partial charge >= 0.3 is 5.97 Å². The summed E-state index contributed by atoms with van der Waals surface area (Å²) in [6, 6.07) is 8.67.